The lowest BCUT2D eigenvalue weighted by Gasteiger charge is -2.30. The lowest BCUT2D eigenvalue weighted by molar-refractivity contribution is 0.500. The molecule has 0 radical (unpaired) electrons. The molecule has 1 atom stereocenters. The highest BCUT2D eigenvalue weighted by Crippen LogP contribution is 2.46. The molecule has 0 amide bonds. The quantitative estimate of drug-likeness (QED) is 0.446. The lowest BCUT2D eigenvalue weighted by atomic mass is 9.82. The highest BCUT2D eigenvalue weighted by Gasteiger charge is 2.30. The van der Waals surface area contributed by atoms with Crippen LogP contribution in [0.1, 0.15) is 33.7 Å². The lowest BCUT2D eigenvalue weighted by Crippen LogP contribution is -2.17. The van der Waals surface area contributed by atoms with Gasteiger partial charge in [0.1, 0.15) is 22.2 Å². The fourth-order valence-electron chi connectivity index (χ4n) is 3.81. The number of thiol groups is 1. The van der Waals surface area contributed by atoms with Crippen molar-refractivity contribution in [1.82, 2.24) is 0 Å². The summed E-state index contributed by atoms with van der Waals surface area (Å²) in [6.07, 6.45) is 0. The molecule has 30 heavy (non-hydrogen) atoms. The van der Waals surface area contributed by atoms with Crippen molar-refractivity contribution in [1.29, 1.82) is 0 Å². The molecule has 3 aromatic rings. The van der Waals surface area contributed by atoms with Crippen LogP contribution in [-0.2, 0) is 23.0 Å². The first-order valence-corrected chi connectivity index (χ1v) is 11.4. The SMILES string of the molecule is NCc1ccccc1C1=C(c2ccc(C[SH](=O)=O)cc2)Oc2ccccc2C1C=S. The number of rotatable bonds is 6. The van der Waals surface area contributed by atoms with Crippen LogP contribution in [0.3, 0.4) is 0 Å². The molecule has 0 bridgehead atoms. The van der Waals surface area contributed by atoms with Crippen LogP contribution in [0.15, 0.2) is 72.8 Å². The predicted molar refractivity (Wildman–Crippen MR) is 125 cm³/mol. The number of fused-ring (bicyclic) bond motifs is 1. The van der Waals surface area contributed by atoms with Gasteiger partial charge in [-0.3, -0.25) is 0 Å². The highest BCUT2D eigenvalue weighted by atomic mass is 32.2. The topological polar surface area (TPSA) is 69.4 Å². The van der Waals surface area contributed by atoms with Gasteiger partial charge < -0.3 is 10.5 Å². The summed E-state index contributed by atoms with van der Waals surface area (Å²) in [6, 6.07) is 23.3. The summed E-state index contributed by atoms with van der Waals surface area (Å²) < 4.78 is 28.5. The second-order valence-corrected chi connectivity index (χ2v) is 8.30. The Morgan fingerprint density at radius 2 is 1.67 bits per heavy atom. The number of nitrogens with two attached hydrogens (primary N) is 1. The van der Waals surface area contributed by atoms with E-state index in [4.69, 9.17) is 22.7 Å². The average molecular weight is 436 g/mol. The molecule has 1 heterocycles. The number of hydrogen-bond acceptors (Lipinski definition) is 5. The summed E-state index contributed by atoms with van der Waals surface area (Å²) in [7, 11) is -2.47. The monoisotopic (exact) mass is 435 g/mol. The fraction of sp³-hybridized carbons (Fsp3) is 0.125. The normalized spacial score (nSPS) is 15.6. The van der Waals surface area contributed by atoms with Crippen LogP contribution in [0, 0.1) is 0 Å². The van der Waals surface area contributed by atoms with Crippen LogP contribution in [0.5, 0.6) is 5.75 Å². The summed E-state index contributed by atoms with van der Waals surface area (Å²) >= 11 is 5.46. The van der Waals surface area contributed by atoms with Gasteiger partial charge in [0.05, 0.1) is 5.75 Å². The summed E-state index contributed by atoms with van der Waals surface area (Å²) in [5.41, 5.74) is 11.6. The maximum absolute atomic E-state index is 11.1. The van der Waals surface area contributed by atoms with Gasteiger partial charge in [-0.25, -0.2) is 8.42 Å². The molecule has 0 fully saturated rings. The van der Waals surface area contributed by atoms with Crippen LogP contribution in [0.25, 0.3) is 11.3 Å². The molecule has 1 unspecified atom stereocenters. The molecule has 0 spiro atoms. The zero-order valence-corrected chi connectivity index (χ0v) is 17.9. The Hall–Kier alpha value is -2.80. The van der Waals surface area contributed by atoms with Crippen molar-refractivity contribution in [3.63, 3.8) is 0 Å². The summed E-state index contributed by atoms with van der Waals surface area (Å²) in [5, 5.41) is 1.76. The predicted octanol–water partition coefficient (Wildman–Crippen LogP) is 4.30. The van der Waals surface area contributed by atoms with Crippen molar-refractivity contribution in [3.8, 4) is 5.75 Å². The Morgan fingerprint density at radius 1 is 0.967 bits per heavy atom. The Kier molecular flexibility index (Phi) is 6.08. The summed E-state index contributed by atoms with van der Waals surface area (Å²) in [6.45, 7) is 0.397. The number of hydrogen-bond donors (Lipinski definition) is 2. The highest BCUT2D eigenvalue weighted by molar-refractivity contribution is 7.79. The van der Waals surface area contributed by atoms with Gasteiger partial charge in [0, 0.05) is 29.2 Å². The van der Waals surface area contributed by atoms with Gasteiger partial charge in [-0.2, -0.15) is 0 Å². The molecule has 1 aliphatic heterocycles. The molecule has 0 saturated carbocycles. The zero-order chi connectivity index (χ0) is 21.1. The minimum atomic E-state index is -2.47. The van der Waals surface area contributed by atoms with Gasteiger partial charge in [-0.1, -0.05) is 78.9 Å². The standard InChI is InChI=1S/C24H21NO3S2/c25-13-18-5-1-2-6-19(18)23-21(14-29)20-7-3-4-8-22(20)28-24(23)17-11-9-16(10-12-17)15-30(26)27/h1-12,14,21,30H,13,15,25H2. The molecule has 4 rings (SSSR count). The van der Waals surface area contributed by atoms with Gasteiger partial charge in [0.25, 0.3) is 0 Å². The Morgan fingerprint density at radius 3 is 2.37 bits per heavy atom. The van der Waals surface area contributed by atoms with E-state index in [9.17, 15) is 8.42 Å². The van der Waals surface area contributed by atoms with Crippen LogP contribution >= 0.6 is 12.2 Å². The second-order valence-electron chi connectivity index (χ2n) is 7.05. The molecule has 2 N–H and O–H groups in total. The molecular formula is C24H21NO3S2. The van der Waals surface area contributed by atoms with E-state index < -0.39 is 10.7 Å². The maximum atomic E-state index is 11.1. The van der Waals surface area contributed by atoms with E-state index in [0.717, 1.165) is 39.1 Å². The van der Waals surface area contributed by atoms with Crippen molar-refractivity contribution in [2.45, 2.75) is 18.2 Å². The van der Waals surface area contributed by atoms with E-state index in [-0.39, 0.29) is 11.7 Å². The number of allylic oxidation sites excluding steroid dienone is 1. The van der Waals surface area contributed by atoms with E-state index >= 15 is 0 Å². The number of benzene rings is 3. The average Bonchev–Trinajstić information content (AvgIpc) is 2.78. The van der Waals surface area contributed by atoms with Crippen molar-refractivity contribution in [2.24, 2.45) is 5.73 Å². The van der Waals surface area contributed by atoms with Crippen LogP contribution < -0.4 is 10.5 Å². The maximum Gasteiger partial charge on any atom is 0.144 e. The molecule has 3 aromatic carbocycles. The molecule has 0 aliphatic carbocycles. The van der Waals surface area contributed by atoms with E-state index in [1.165, 1.54) is 0 Å². The Balaban J connectivity index is 1.94. The summed E-state index contributed by atoms with van der Waals surface area (Å²) in [4.78, 5) is 0. The van der Waals surface area contributed by atoms with Crippen LogP contribution in [0.2, 0.25) is 0 Å². The molecule has 6 heteroatoms. The van der Waals surface area contributed by atoms with Crippen molar-refractivity contribution in [3.05, 3.63) is 101 Å². The third-order valence-electron chi connectivity index (χ3n) is 5.21. The molecule has 0 saturated heterocycles. The molecular weight excluding hydrogens is 414 g/mol. The van der Waals surface area contributed by atoms with Crippen molar-refractivity contribution >= 4 is 39.6 Å². The molecule has 152 valence electrons. The van der Waals surface area contributed by atoms with E-state index in [1.807, 2.05) is 72.8 Å². The van der Waals surface area contributed by atoms with Gasteiger partial charge in [-0.15, -0.1) is 0 Å². The summed E-state index contributed by atoms with van der Waals surface area (Å²) in [5.74, 6) is 1.35. The number of ether oxygens (including phenoxy) is 1. The van der Waals surface area contributed by atoms with Crippen molar-refractivity contribution < 1.29 is 13.2 Å². The van der Waals surface area contributed by atoms with Crippen LogP contribution in [-0.4, -0.2) is 13.8 Å². The molecule has 4 nitrogen and oxygen atoms in total. The van der Waals surface area contributed by atoms with E-state index in [1.54, 1.807) is 5.37 Å². The minimum Gasteiger partial charge on any atom is -0.456 e. The van der Waals surface area contributed by atoms with Gasteiger partial charge in [0.15, 0.2) is 0 Å². The Labute approximate surface area is 183 Å². The van der Waals surface area contributed by atoms with E-state index in [2.05, 4.69) is 0 Å². The van der Waals surface area contributed by atoms with Crippen molar-refractivity contribution in [2.75, 3.05) is 0 Å². The molecule has 1 aliphatic rings. The third kappa shape index (κ3) is 3.94. The smallest absolute Gasteiger partial charge is 0.144 e. The largest absolute Gasteiger partial charge is 0.456 e. The fourth-order valence-corrected chi connectivity index (χ4v) is 4.60. The first-order valence-electron chi connectivity index (χ1n) is 9.58. The first kappa shape index (κ1) is 20.5. The van der Waals surface area contributed by atoms with E-state index in [0.29, 0.717) is 12.3 Å². The first-order chi connectivity index (χ1) is 14.6. The van der Waals surface area contributed by atoms with Gasteiger partial charge in [-0.05, 0) is 28.1 Å². The number of para-hydroxylation sites is 1. The van der Waals surface area contributed by atoms with Gasteiger partial charge in [0.2, 0.25) is 0 Å². The second kappa shape index (κ2) is 8.92. The van der Waals surface area contributed by atoms with Gasteiger partial charge >= 0.3 is 0 Å². The molecule has 0 aromatic heterocycles. The Bertz CT molecular complexity index is 1190. The number of thiocarbonyl (C=S) groups is 1. The minimum absolute atomic E-state index is 0.0176. The third-order valence-corrected chi connectivity index (χ3v) is 6.11. The zero-order valence-electron chi connectivity index (χ0n) is 16.2. The van der Waals surface area contributed by atoms with Crippen LogP contribution in [0.4, 0.5) is 0 Å².